The summed E-state index contributed by atoms with van der Waals surface area (Å²) in [6, 6.07) is 0. The molecule has 0 radical (unpaired) electrons. The highest BCUT2D eigenvalue weighted by molar-refractivity contribution is 6.74. The van der Waals surface area contributed by atoms with E-state index in [0.717, 1.165) is 31.1 Å². The number of aliphatic hydroxyl groups is 1. The first-order valence-electron chi connectivity index (χ1n) is 17.3. The quantitative estimate of drug-likeness (QED) is 0.154. The maximum Gasteiger partial charge on any atom is 0.192 e. The van der Waals surface area contributed by atoms with Crippen LogP contribution in [0.2, 0.25) is 18.1 Å². The van der Waals surface area contributed by atoms with Crippen LogP contribution in [0.5, 0.6) is 0 Å². The topological polar surface area (TPSA) is 47.9 Å². The third-order valence-corrected chi connectivity index (χ3v) is 17.5. The van der Waals surface area contributed by atoms with Crippen molar-refractivity contribution >= 4 is 8.32 Å². The summed E-state index contributed by atoms with van der Waals surface area (Å²) in [7, 11) is -1.76. The molecule has 0 bridgehead atoms. The average molecular weight is 603 g/mol. The van der Waals surface area contributed by atoms with Crippen molar-refractivity contribution in [2.75, 3.05) is 6.61 Å². The van der Waals surface area contributed by atoms with Crippen LogP contribution >= 0.6 is 0 Å². The third-order valence-electron chi connectivity index (χ3n) is 13.0. The monoisotopic (exact) mass is 602 g/mol. The van der Waals surface area contributed by atoms with Crippen molar-refractivity contribution in [2.24, 2.45) is 34.5 Å². The summed E-state index contributed by atoms with van der Waals surface area (Å²) in [5.41, 5.74) is 1.07. The van der Waals surface area contributed by atoms with Crippen LogP contribution in [0.15, 0.2) is 23.8 Å². The molecular weight excluding hydrogens is 536 g/mol. The minimum Gasteiger partial charge on any atom is -0.414 e. The minimum absolute atomic E-state index is 0.189. The van der Waals surface area contributed by atoms with E-state index in [1.54, 1.807) is 5.57 Å². The van der Waals surface area contributed by atoms with Crippen LogP contribution < -0.4 is 0 Å². The number of ether oxygens (including phenoxy) is 2. The molecule has 242 valence electrons. The van der Waals surface area contributed by atoms with Crippen LogP contribution in [0.4, 0.5) is 0 Å². The molecule has 1 unspecified atom stereocenters. The Hall–Kier alpha value is -0.463. The van der Waals surface area contributed by atoms with Gasteiger partial charge in [-0.05, 0) is 145 Å². The fraction of sp³-hybridized carbons (Fsp3) is 0.892. The van der Waals surface area contributed by atoms with E-state index < -0.39 is 13.9 Å². The molecule has 1 N–H and O–H groups in total. The number of rotatable bonds is 10. The fourth-order valence-corrected chi connectivity index (χ4v) is 11.1. The zero-order valence-electron chi connectivity index (χ0n) is 29.4. The van der Waals surface area contributed by atoms with Crippen molar-refractivity contribution < 1.29 is 19.0 Å². The largest absolute Gasteiger partial charge is 0.414 e. The molecule has 4 aliphatic rings. The Kier molecular flexibility index (Phi) is 9.87. The highest BCUT2D eigenvalue weighted by Gasteiger charge is 2.61. The number of fused-ring (bicyclic) bond motifs is 5. The Morgan fingerprint density at radius 1 is 1.02 bits per heavy atom. The summed E-state index contributed by atoms with van der Waals surface area (Å²) in [5, 5.41) is 12.2. The maximum atomic E-state index is 11.9. The number of hydrogen-bond acceptors (Lipinski definition) is 4. The maximum absolute atomic E-state index is 11.9. The van der Waals surface area contributed by atoms with Gasteiger partial charge in [-0.25, -0.2) is 0 Å². The average Bonchev–Trinajstić information content (AvgIpc) is 3.21. The van der Waals surface area contributed by atoms with E-state index in [-0.39, 0.29) is 22.3 Å². The van der Waals surface area contributed by atoms with E-state index in [1.165, 1.54) is 38.5 Å². The Morgan fingerprint density at radius 2 is 1.71 bits per heavy atom. The molecular formula is C37H66O4Si. The highest BCUT2D eigenvalue weighted by atomic mass is 28.4. The first-order valence-corrected chi connectivity index (χ1v) is 20.2. The smallest absolute Gasteiger partial charge is 0.192 e. The fourth-order valence-electron chi connectivity index (χ4n) is 9.75. The van der Waals surface area contributed by atoms with Gasteiger partial charge in [0, 0.05) is 12.7 Å². The van der Waals surface area contributed by atoms with E-state index in [9.17, 15) is 5.11 Å². The van der Waals surface area contributed by atoms with Crippen LogP contribution in [0, 0.1) is 34.5 Å². The Labute approximate surface area is 260 Å². The van der Waals surface area contributed by atoms with Gasteiger partial charge in [0.1, 0.15) is 0 Å². The zero-order chi connectivity index (χ0) is 31.4. The van der Waals surface area contributed by atoms with Gasteiger partial charge in [-0.1, -0.05) is 58.4 Å². The normalized spacial score (nSPS) is 37.9. The minimum atomic E-state index is -1.76. The molecule has 0 aromatic rings. The lowest BCUT2D eigenvalue weighted by Gasteiger charge is -2.59. The second kappa shape index (κ2) is 12.0. The van der Waals surface area contributed by atoms with Crippen LogP contribution in [0.1, 0.15) is 127 Å². The van der Waals surface area contributed by atoms with Crippen LogP contribution in [0.25, 0.3) is 0 Å². The van der Waals surface area contributed by atoms with Crippen molar-refractivity contribution in [1.29, 1.82) is 0 Å². The summed E-state index contributed by atoms with van der Waals surface area (Å²) < 4.78 is 18.7. The molecule has 3 fully saturated rings. The summed E-state index contributed by atoms with van der Waals surface area (Å²) in [6.07, 6.45) is 17.6. The SMILES string of the molecule is CCOC(C)OC(C)(C)C/C=C\[C@@](C)(O)[C@H]1CC[C@H]2[C@@H]3CC=C4C[C@@H](O[Si](C)(C)C(C)(C)C)CC[C@]4(C)[C@H]3CC[C@@]21C. The third kappa shape index (κ3) is 6.71. The molecule has 9 atom stereocenters. The predicted octanol–water partition coefficient (Wildman–Crippen LogP) is 9.83. The van der Waals surface area contributed by atoms with Gasteiger partial charge in [0.05, 0.1) is 11.2 Å². The lowest BCUT2D eigenvalue weighted by atomic mass is 9.47. The molecule has 4 nitrogen and oxygen atoms in total. The first-order chi connectivity index (χ1) is 19.3. The van der Waals surface area contributed by atoms with E-state index in [0.29, 0.717) is 30.0 Å². The summed E-state index contributed by atoms with van der Waals surface area (Å²) in [4.78, 5) is 0. The Bertz CT molecular complexity index is 1010. The van der Waals surface area contributed by atoms with Gasteiger partial charge in [0.2, 0.25) is 0 Å². The molecule has 0 aromatic carbocycles. The molecule has 4 aliphatic carbocycles. The Balaban J connectivity index is 1.44. The number of allylic oxidation sites excluding steroid dienone is 1. The van der Waals surface area contributed by atoms with E-state index >= 15 is 0 Å². The lowest BCUT2D eigenvalue weighted by molar-refractivity contribution is -0.187. The first kappa shape index (κ1) is 34.4. The van der Waals surface area contributed by atoms with Crippen molar-refractivity contribution in [2.45, 2.75) is 169 Å². The molecule has 42 heavy (non-hydrogen) atoms. The van der Waals surface area contributed by atoms with Crippen LogP contribution in [-0.4, -0.2) is 43.6 Å². The van der Waals surface area contributed by atoms with E-state index in [4.69, 9.17) is 13.9 Å². The summed E-state index contributed by atoms with van der Waals surface area (Å²) in [5.74, 6) is 2.51. The molecule has 4 rings (SSSR count). The van der Waals surface area contributed by atoms with Gasteiger partial charge in [-0.3, -0.25) is 0 Å². The van der Waals surface area contributed by atoms with Gasteiger partial charge < -0.3 is 19.0 Å². The second-order valence-electron chi connectivity index (χ2n) is 17.4. The molecule has 0 heterocycles. The molecule has 3 saturated carbocycles. The zero-order valence-corrected chi connectivity index (χ0v) is 30.4. The van der Waals surface area contributed by atoms with E-state index in [1.807, 2.05) is 13.8 Å². The van der Waals surface area contributed by atoms with Crippen molar-refractivity contribution in [3.05, 3.63) is 23.8 Å². The molecule has 0 aliphatic heterocycles. The van der Waals surface area contributed by atoms with Gasteiger partial charge >= 0.3 is 0 Å². The molecule has 0 aromatic heterocycles. The van der Waals surface area contributed by atoms with Crippen molar-refractivity contribution in [3.8, 4) is 0 Å². The van der Waals surface area contributed by atoms with Gasteiger partial charge in [-0.15, -0.1) is 0 Å². The molecule has 0 spiro atoms. The summed E-state index contributed by atoms with van der Waals surface area (Å²) in [6.45, 7) is 27.9. The van der Waals surface area contributed by atoms with E-state index in [2.05, 4.69) is 86.7 Å². The lowest BCUT2D eigenvalue weighted by Crippen LogP contribution is -2.53. The Morgan fingerprint density at radius 3 is 2.36 bits per heavy atom. The molecule has 0 amide bonds. The van der Waals surface area contributed by atoms with Gasteiger partial charge in [0.25, 0.3) is 0 Å². The molecule has 0 saturated heterocycles. The highest BCUT2D eigenvalue weighted by Crippen LogP contribution is 2.67. The van der Waals surface area contributed by atoms with Crippen molar-refractivity contribution in [1.82, 2.24) is 0 Å². The van der Waals surface area contributed by atoms with Gasteiger partial charge in [-0.2, -0.15) is 0 Å². The second-order valence-corrected chi connectivity index (χ2v) is 22.2. The standard InChI is InChI=1S/C37H66O4Si/c1-13-39-26(2)40-34(6,7)21-14-22-37(10,38)32-18-17-30-29-16-15-27-25-28(41-42(11,12)33(3,4)5)19-23-35(27,8)31(29)20-24-36(30,32)9/h14-15,22,26,28-32,38H,13,16-21,23-25H2,1-12H3/b22-14-/t26?,28-,29-,30-,31-,32-,35-,36-,37+/m0/s1. The molecule has 5 heteroatoms. The van der Waals surface area contributed by atoms with Crippen LogP contribution in [0.3, 0.4) is 0 Å². The van der Waals surface area contributed by atoms with Crippen molar-refractivity contribution in [3.63, 3.8) is 0 Å². The predicted molar refractivity (Wildman–Crippen MR) is 178 cm³/mol. The van der Waals surface area contributed by atoms with Crippen LogP contribution in [-0.2, 0) is 13.9 Å². The summed E-state index contributed by atoms with van der Waals surface area (Å²) >= 11 is 0. The van der Waals surface area contributed by atoms with Gasteiger partial charge in [0.15, 0.2) is 14.6 Å². The number of hydrogen-bond donors (Lipinski definition) is 1.